The third-order valence-electron chi connectivity index (χ3n) is 5.90. The number of aryl methyl sites for hydroxylation is 1. The van der Waals surface area contributed by atoms with Gasteiger partial charge in [0.2, 0.25) is 0 Å². The molecule has 1 aromatic carbocycles. The monoisotopic (exact) mass is 486 g/mol. The Morgan fingerprint density at radius 1 is 1.23 bits per heavy atom. The molecular formula is C26H30BF3N2O3. The zero-order chi connectivity index (χ0) is 26.1. The van der Waals surface area contributed by atoms with Gasteiger partial charge in [0.25, 0.3) is 0 Å². The molecular weight excluding hydrogens is 456 g/mol. The fourth-order valence-corrected chi connectivity index (χ4v) is 4.30. The topological polar surface area (TPSA) is 53.4 Å². The number of carbonyl (C=O) groups excluding carboxylic acids is 1. The molecule has 1 unspecified atom stereocenters. The molecule has 5 nitrogen and oxygen atoms in total. The smallest absolute Gasteiger partial charge is 0.406 e. The Kier molecular flexibility index (Phi) is 7.69. The van der Waals surface area contributed by atoms with E-state index in [0.717, 1.165) is 5.56 Å². The van der Waals surface area contributed by atoms with E-state index >= 15 is 0 Å². The van der Waals surface area contributed by atoms with E-state index in [0.29, 0.717) is 45.3 Å². The minimum atomic E-state index is -4.46. The van der Waals surface area contributed by atoms with Gasteiger partial charge in [0, 0.05) is 42.1 Å². The summed E-state index contributed by atoms with van der Waals surface area (Å²) in [7, 11) is 7.60. The van der Waals surface area contributed by atoms with E-state index in [4.69, 9.17) is 17.3 Å². The van der Waals surface area contributed by atoms with E-state index in [1.165, 1.54) is 18.6 Å². The van der Waals surface area contributed by atoms with Crippen molar-refractivity contribution in [1.82, 2.24) is 9.55 Å². The summed E-state index contributed by atoms with van der Waals surface area (Å²) in [6, 6.07) is 6.75. The lowest BCUT2D eigenvalue weighted by Crippen LogP contribution is -2.24. The van der Waals surface area contributed by atoms with Gasteiger partial charge < -0.3 is 14.0 Å². The fourth-order valence-electron chi connectivity index (χ4n) is 4.30. The first-order chi connectivity index (χ1) is 16.2. The quantitative estimate of drug-likeness (QED) is 0.324. The summed E-state index contributed by atoms with van der Waals surface area (Å²) in [5.41, 5.74) is 3.31. The van der Waals surface area contributed by atoms with Crippen LogP contribution in [0.25, 0.3) is 22.2 Å². The summed E-state index contributed by atoms with van der Waals surface area (Å²) in [4.78, 5) is 16.0. The number of nitrogens with zero attached hydrogens (tertiary/aromatic N) is 2. The molecule has 0 fully saturated rings. The molecule has 9 heteroatoms. The molecule has 0 N–H and O–H groups in total. The van der Waals surface area contributed by atoms with Crippen molar-refractivity contribution in [1.29, 1.82) is 0 Å². The number of carbonyl (C=O) groups is 1. The van der Waals surface area contributed by atoms with Crippen molar-refractivity contribution in [3.05, 3.63) is 47.3 Å². The Labute approximate surface area is 205 Å². The molecule has 35 heavy (non-hydrogen) atoms. The van der Waals surface area contributed by atoms with Gasteiger partial charge in [-0.15, -0.1) is 0 Å². The lowest BCUT2D eigenvalue weighted by molar-refractivity contribution is -0.144. The first-order valence-corrected chi connectivity index (χ1v) is 11.3. The van der Waals surface area contributed by atoms with Gasteiger partial charge in [-0.25, -0.2) is 0 Å². The van der Waals surface area contributed by atoms with Gasteiger partial charge in [-0.05, 0) is 43.5 Å². The third-order valence-corrected chi connectivity index (χ3v) is 5.90. The van der Waals surface area contributed by atoms with Crippen molar-refractivity contribution in [2.24, 2.45) is 5.41 Å². The highest BCUT2D eigenvalue weighted by molar-refractivity contribution is 6.33. The Bertz CT molecular complexity index is 1230. The van der Waals surface area contributed by atoms with Gasteiger partial charge in [0.15, 0.2) is 0 Å². The lowest BCUT2D eigenvalue weighted by atomic mass is 9.83. The van der Waals surface area contributed by atoms with E-state index in [1.54, 1.807) is 31.3 Å². The van der Waals surface area contributed by atoms with Gasteiger partial charge in [-0.2, -0.15) is 13.2 Å². The van der Waals surface area contributed by atoms with E-state index in [2.05, 4.69) is 4.98 Å². The summed E-state index contributed by atoms with van der Waals surface area (Å²) >= 11 is 0. The molecule has 2 heterocycles. The first-order valence-electron chi connectivity index (χ1n) is 11.3. The Balaban J connectivity index is 2.40. The summed E-state index contributed by atoms with van der Waals surface area (Å²) in [5.74, 6) is -0.416. The zero-order valence-corrected chi connectivity index (χ0v) is 20.9. The number of methoxy groups -OCH3 is 1. The first kappa shape index (κ1) is 26.8. The van der Waals surface area contributed by atoms with Crippen LogP contribution in [-0.4, -0.2) is 43.3 Å². The molecule has 0 saturated heterocycles. The van der Waals surface area contributed by atoms with Crippen LogP contribution >= 0.6 is 0 Å². The second kappa shape index (κ2) is 10.1. The summed E-state index contributed by atoms with van der Waals surface area (Å²) < 4.78 is 53.6. The van der Waals surface area contributed by atoms with E-state index < -0.39 is 30.2 Å². The Morgan fingerprint density at radius 3 is 2.51 bits per heavy atom. The number of fused-ring (bicyclic) bond motifs is 1. The van der Waals surface area contributed by atoms with Gasteiger partial charge in [0.1, 0.15) is 14.4 Å². The lowest BCUT2D eigenvalue weighted by Gasteiger charge is -2.26. The number of halogens is 3. The number of alkyl halides is 3. The van der Waals surface area contributed by atoms with Gasteiger partial charge in [-0.3, -0.25) is 9.78 Å². The van der Waals surface area contributed by atoms with Crippen molar-refractivity contribution < 1.29 is 27.4 Å². The summed E-state index contributed by atoms with van der Waals surface area (Å²) in [6.45, 7) is 7.73. The van der Waals surface area contributed by atoms with Crippen LogP contribution in [-0.2, 0) is 27.2 Å². The van der Waals surface area contributed by atoms with Gasteiger partial charge in [-0.1, -0.05) is 31.4 Å². The van der Waals surface area contributed by atoms with E-state index in [9.17, 15) is 18.0 Å². The molecule has 0 spiro atoms. The largest absolute Gasteiger partial charge is 0.465 e. The fraction of sp³-hybridized carbons (Fsp3) is 0.462. The summed E-state index contributed by atoms with van der Waals surface area (Å²) in [6.07, 6.45) is -2.89. The molecule has 186 valence electrons. The molecule has 0 aliphatic heterocycles. The van der Waals surface area contributed by atoms with Crippen molar-refractivity contribution in [3.63, 3.8) is 0 Å². The maximum atomic E-state index is 13.9. The normalized spacial score (nSPS) is 13.3. The maximum Gasteiger partial charge on any atom is 0.406 e. The van der Waals surface area contributed by atoms with Crippen molar-refractivity contribution in [2.75, 3.05) is 13.7 Å². The number of aromatic nitrogens is 2. The molecule has 2 aromatic heterocycles. The van der Waals surface area contributed by atoms with Crippen LogP contribution in [0.4, 0.5) is 13.2 Å². The third kappa shape index (κ3) is 6.26. The molecule has 2 radical (unpaired) electrons. The average molecular weight is 486 g/mol. The number of benzene rings is 1. The van der Waals surface area contributed by atoms with E-state index in [1.807, 2.05) is 26.8 Å². The Morgan fingerprint density at radius 2 is 1.91 bits per heavy atom. The second-order valence-corrected chi connectivity index (χ2v) is 9.75. The van der Waals surface area contributed by atoms with Crippen LogP contribution in [0.5, 0.6) is 0 Å². The minimum Gasteiger partial charge on any atom is -0.465 e. The molecule has 0 amide bonds. The predicted octanol–water partition coefficient (Wildman–Crippen LogP) is 5.21. The van der Waals surface area contributed by atoms with Crippen LogP contribution in [0.15, 0.2) is 30.5 Å². The van der Waals surface area contributed by atoms with Crippen LogP contribution < -0.4 is 5.46 Å². The number of ether oxygens (including phenoxy) is 2. The van der Waals surface area contributed by atoms with Crippen LogP contribution in [0, 0.1) is 12.3 Å². The molecule has 3 aromatic rings. The van der Waals surface area contributed by atoms with Gasteiger partial charge >= 0.3 is 12.1 Å². The molecule has 0 aliphatic carbocycles. The number of hydrogen-bond acceptors (Lipinski definition) is 4. The predicted molar refractivity (Wildman–Crippen MR) is 131 cm³/mol. The van der Waals surface area contributed by atoms with Crippen molar-refractivity contribution >= 4 is 30.2 Å². The molecule has 0 saturated carbocycles. The highest BCUT2D eigenvalue weighted by Crippen LogP contribution is 2.41. The molecule has 1 atom stereocenters. The standard InChI is InChI=1S/C26H30BF3N2O3/c1-15-9-20(23(31-12-15)16(2)34-6)24-21(11-25(4,5)14-35-17(3)33)19-10-18(27)7-8-22(19)32(24)13-26(28,29)30/h7-10,12,16H,11,13-14H2,1-6H3. The molecule has 0 bridgehead atoms. The van der Waals surface area contributed by atoms with E-state index in [-0.39, 0.29) is 6.61 Å². The highest BCUT2D eigenvalue weighted by Gasteiger charge is 2.34. The van der Waals surface area contributed by atoms with Crippen molar-refractivity contribution in [2.45, 2.75) is 59.9 Å². The van der Waals surface area contributed by atoms with Crippen LogP contribution in [0.1, 0.15) is 50.6 Å². The second-order valence-electron chi connectivity index (χ2n) is 9.75. The molecule has 0 aliphatic rings. The van der Waals surface area contributed by atoms with Gasteiger partial charge in [0.05, 0.1) is 24.1 Å². The number of rotatable bonds is 8. The summed E-state index contributed by atoms with van der Waals surface area (Å²) in [5, 5.41) is 0.623. The number of hydrogen-bond donors (Lipinski definition) is 0. The maximum absolute atomic E-state index is 13.9. The number of pyridine rings is 1. The van der Waals surface area contributed by atoms with Crippen LogP contribution in [0.3, 0.4) is 0 Å². The van der Waals surface area contributed by atoms with Crippen molar-refractivity contribution in [3.8, 4) is 11.3 Å². The Hall–Kier alpha value is -2.81. The average Bonchev–Trinajstić information content (AvgIpc) is 3.02. The molecule has 3 rings (SSSR count). The number of esters is 1. The minimum absolute atomic E-state index is 0.115. The van der Waals surface area contributed by atoms with Crippen LogP contribution in [0.2, 0.25) is 0 Å². The highest BCUT2D eigenvalue weighted by atomic mass is 19.4. The SMILES string of the molecule is [B]c1ccc2c(c1)c(CC(C)(C)COC(C)=O)c(-c1cc(C)cnc1C(C)OC)n2CC(F)(F)F. The zero-order valence-electron chi connectivity index (χ0n) is 20.9.